The first-order valence-electron chi connectivity index (χ1n) is 8.18. The van der Waals surface area contributed by atoms with Gasteiger partial charge in [0.05, 0.1) is 0 Å². The Labute approximate surface area is 130 Å². The first-order chi connectivity index (χ1) is 9.92. The summed E-state index contributed by atoms with van der Waals surface area (Å²) in [6, 6.07) is 7.79. The maximum Gasteiger partial charge on any atom is 0.0396 e. The summed E-state index contributed by atoms with van der Waals surface area (Å²) in [6.45, 7) is 9.01. The first-order valence-corrected chi connectivity index (χ1v) is 8.18. The second-order valence-corrected chi connectivity index (χ2v) is 6.91. The zero-order valence-electron chi connectivity index (χ0n) is 14.3. The highest BCUT2D eigenvalue weighted by atomic mass is 15.2. The van der Waals surface area contributed by atoms with E-state index < -0.39 is 0 Å². The van der Waals surface area contributed by atoms with E-state index in [0.29, 0.717) is 12.0 Å². The minimum Gasteiger partial charge on any atom is -0.369 e. The summed E-state index contributed by atoms with van der Waals surface area (Å²) in [5.41, 5.74) is 10.2. The molecule has 0 bridgehead atoms. The molecule has 2 rings (SSSR count). The Morgan fingerprint density at radius 2 is 2.05 bits per heavy atom. The zero-order valence-corrected chi connectivity index (χ0v) is 14.3. The van der Waals surface area contributed by atoms with Gasteiger partial charge < -0.3 is 15.5 Å². The average Bonchev–Trinajstić information content (AvgIpc) is 2.80. The monoisotopic (exact) mass is 289 g/mol. The van der Waals surface area contributed by atoms with Gasteiger partial charge in [-0.15, -0.1) is 0 Å². The minimum atomic E-state index is 0.278. The molecule has 1 saturated heterocycles. The fourth-order valence-electron chi connectivity index (χ4n) is 3.46. The van der Waals surface area contributed by atoms with Gasteiger partial charge in [0.2, 0.25) is 0 Å². The molecular formula is C18H31N3. The summed E-state index contributed by atoms with van der Waals surface area (Å²) in [5, 5.41) is 0. The lowest BCUT2D eigenvalue weighted by molar-refractivity contribution is 0.266. The smallest absolute Gasteiger partial charge is 0.0396 e. The molecule has 0 saturated carbocycles. The molecule has 1 aliphatic rings. The van der Waals surface area contributed by atoms with Crippen molar-refractivity contribution in [3.05, 3.63) is 29.3 Å². The van der Waals surface area contributed by atoms with Gasteiger partial charge >= 0.3 is 0 Å². The molecule has 3 unspecified atom stereocenters. The maximum absolute atomic E-state index is 6.07. The molecular weight excluding hydrogens is 258 g/mol. The normalized spacial score (nSPS) is 23.9. The van der Waals surface area contributed by atoms with E-state index in [1.807, 2.05) is 0 Å². The van der Waals surface area contributed by atoms with E-state index in [1.165, 1.54) is 16.8 Å². The van der Waals surface area contributed by atoms with Crippen LogP contribution in [0.15, 0.2) is 18.2 Å². The summed E-state index contributed by atoms with van der Waals surface area (Å²) in [4.78, 5) is 4.89. The summed E-state index contributed by atoms with van der Waals surface area (Å²) in [7, 11) is 4.37. The predicted molar refractivity (Wildman–Crippen MR) is 92.0 cm³/mol. The van der Waals surface area contributed by atoms with Crippen LogP contribution >= 0.6 is 0 Å². The molecule has 3 nitrogen and oxygen atoms in total. The van der Waals surface area contributed by atoms with Gasteiger partial charge in [0.25, 0.3) is 0 Å². The molecule has 0 spiro atoms. The SMILES string of the molecule is CCC(N)Cc1ccc(N2CC(C)C(N(C)C)C2)c(C)c1. The molecule has 1 heterocycles. The van der Waals surface area contributed by atoms with E-state index in [2.05, 4.69) is 62.9 Å². The molecule has 1 fully saturated rings. The lowest BCUT2D eigenvalue weighted by Gasteiger charge is -2.24. The van der Waals surface area contributed by atoms with Crippen LogP contribution in [0.3, 0.4) is 0 Å². The van der Waals surface area contributed by atoms with Crippen LogP contribution in [-0.4, -0.2) is 44.2 Å². The van der Waals surface area contributed by atoms with Crippen molar-refractivity contribution >= 4 is 5.69 Å². The number of hydrogen-bond donors (Lipinski definition) is 1. The van der Waals surface area contributed by atoms with Crippen molar-refractivity contribution in [3.8, 4) is 0 Å². The molecule has 1 aliphatic heterocycles. The number of likely N-dealkylation sites (N-methyl/N-ethyl adjacent to an activating group) is 1. The van der Waals surface area contributed by atoms with E-state index in [-0.39, 0.29) is 6.04 Å². The summed E-state index contributed by atoms with van der Waals surface area (Å²) < 4.78 is 0. The Morgan fingerprint density at radius 3 is 2.57 bits per heavy atom. The third-order valence-corrected chi connectivity index (χ3v) is 4.86. The maximum atomic E-state index is 6.07. The van der Waals surface area contributed by atoms with E-state index in [1.54, 1.807) is 0 Å². The van der Waals surface area contributed by atoms with Crippen molar-refractivity contribution in [2.75, 3.05) is 32.1 Å². The Balaban J connectivity index is 2.11. The molecule has 3 heteroatoms. The highest BCUT2D eigenvalue weighted by Crippen LogP contribution is 2.29. The predicted octanol–water partition coefficient (Wildman–Crippen LogP) is 2.66. The molecule has 0 amide bonds. The second-order valence-electron chi connectivity index (χ2n) is 6.91. The van der Waals surface area contributed by atoms with Crippen LogP contribution in [-0.2, 0) is 6.42 Å². The minimum absolute atomic E-state index is 0.278. The standard InChI is InChI=1S/C18H31N3/c1-6-16(19)10-15-7-8-17(13(2)9-15)21-11-14(3)18(12-21)20(4)5/h7-9,14,16,18H,6,10-12,19H2,1-5H3. The van der Waals surface area contributed by atoms with Gasteiger partial charge in [0, 0.05) is 30.9 Å². The Hall–Kier alpha value is -1.06. The summed E-state index contributed by atoms with van der Waals surface area (Å²) in [6.07, 6.45) is 2.02. The number of rotatable bonds is 5. The molecule has 2 N–H and O–H groups in total. The zero-order chi connectivity index (χ0) is 15.6. The number of benzene rings is 1. The van der Waals surface area contributed by atoms with Gasteiger partial charge in [-0.25, -0.2) is 0 Å². The van der Waals surface area contributed by atoms with Gasteiger partial charge in [0.15, 0.2) is 0 Å². The van der Waals surface area contributed by atoms with Gasteiger partial charge in [0.1, 0.15) is 0 Å². The van der Waals surface area contributed by atoms with E-state index >= 15 is 0 Å². The molecule has 0 radical (unpaired) electrons. The number of hydrogen-bond acceptors (Lipinski definition) is 3. The van der Waals surface area contributed by atoms with Crippen LogP contribution < -0.4 is 10.6 Å². The number of nitrogens with zero attached hydrogens (tertiary/aromatic N) is 2. The van der Waals surface area contributed by atoms with E-state index in [4.69, 9.17) is 5.73 Å². The van der Waals surface area contributed by atoms with Crippen LogP contribution in [0, 0.1) is 12.8 Å². The molecule has 1 aromatic rings. The van der Waals surface area contributed by atoms with Crippen LogP contribution in [0.4, 0.5) is 5.69 Å². The fourth-order valence-corrected chi connectivity index (χ4v) is 3.46. The highest BCUT2D eigenvalue weighted by Gasteiger charge is 2.31. The van der Waals surface area contributed by atoms with Gasteiger partial charge in [-0.2, -0.15) is 0 Å². The molecule has 118 valence electrons. The van der Waals surface area contributed by atoms with Crippen LogP contribution in [0.2, 0.25) is 0 Å². The summed E-state index contributed by atoms with van der Waals surface area (Å²) in [5.74, 6) is 0.715. The van der Waals surface area contributed by atoms with Crippen molar-refractivity contribution in [1.82, 2.24) is 4.90 Å². The average molecular weight is 289 g/mol. The van der Waals surface area contributed by atoms with Gasteiger partial charge in [-0.1, -0.05) is 26.0 Å². The Kier molecular flexibility index (Phi) is 5.28. The van der Waals surface area contributed by atoms with Crippen molar-refractivity contribution in [2.45, 2.75) is 45.7 Å². The molecule has 0 aliphatic carbocycles. The van der Waals surface area contributed by atoms with Gasteiger partial charge in [-0.05, 0) is 57.0 Å². The van der Waals surface area contributed by atoms with Crippen LogP contribution in [0.5, 0.6) is 0 Å². The van der Waals surface area contributed by atoms with E-state index in [9.17, 15) is 0 Å². The summed E-state index contributed by atoms with van der Waals surface area (Å²) >= 11 is 0. The molecule has 0 aromatic heterocycles. The molecule has 1 aromatic carbocycles. The van der Waals surface area contributed by atoms with Crippen molar-refractivity contribution in [2.24, 2.45) is 11.7 Å². The van der Waals surface area contributed by atoms with Crippen molar-refractivity contribution in [3.63, 3.8) is 0 Å². The third kappa shape index (κ3) is 3.78. The van der Waals surface area contributed by atoms with Crippen LogP contribution in [0.1, 0.15) is 31.4 Å². The number of anilines is 1. The lowest BCUT2D eigenvalue weighted by atomic mass is 10.0. The largest absolute Gasteiger partial charge is 0.369 e. The quantitative estimate of drug-likeness (QED) is 0.904. The van der Waals surface area contributed by atoms with Crippen LogP contribution in [0.25, 0.3) is 0 Å². The fraction of sp³-hybridized carbons (Fsp3) is 0.667. The van der Waals surface area contributed by atoms with E-state index in [0.717, 1.165) is 25.9 Å². The highest BCUT2D eigenvalue weighted by molar-refractivity contribution is 5.55. The molecule has 21 heavy (non-hydrogen) atoms. The Bertz CT molecular complexity index is 470. The number of nitrogens with two attached hydrogens (primary N) is 1. The van der Waals surface area contributed by atoms with Crippen molar-refractivity contribution < 1.29 is 0 Å². The third-order valence-electron chi connectivity index (χ3n) is 4.86. The lowest BCUT2D eigenvalue weighted by Crippen LogP contribution is -2.34. The molecule has 3 atom stereocenters. The van der Waals surface area contributed by atoms with Gasteiger partial charge in [-0.3, -0.25) is 0 Å². The Morgan fingerprint density at radius 1 is 1.33 bits per heavy atom. The van der Waals surface area contributed by atoms with Crippen molar-refractivity contribution in [1.29, 1.82) is 0 Å². The number of aryl methyl sites for hydroxylation is 1. The first kappa shape index (κ1) is 16.3. The second kappa shape index (κ2) is 6.80. The topological polar surface area (TPSA) is 32.5 Å².